The molecule has 0 unspecified atom stereocenters. The number of hydrogen-bond acceptors (Lipinski definition) is 2. The molecule has 0 N–H and O–H groups in total. The molecule has 0 radical (unpaired) electrons. The van der Waals surface area contributed by atoms with Crippen molar-refractivity contribution in [2.45, 2.75) is 25.7 Å². The van der Waals surface area contributed by atoms with Crippen LogP contribution < -0.4 is 0 Å². The quantitative estimate of drug-likeness (QED) is 0.735. The Bertz CT molecular complexity index is 296. The molecule has 0 saturated heterocycles. The van der Waals surface area contributed by atoms with Gasteiger partial charge in [-0.15, -0.1) is 0 Å². The van der Waals surface area contributed by atoms with Gasteiger partial charge in [-0.1, -0.05) is 11.6 Å². The van der Waals surface area contributed by atoms with Crippen LogP contribution in [0.15, 0.2) is 22.4 Å². The summed E-state index contributed by atoms with van der Waals surface area (Å²) in [7, 11) is 1.76. The van der Waals surface area contributed by atoms with Crippen molar-refractivity contribution in [2.75, 3.05) is 26.8 Å². The molecule has 0 amide bonds. The second-order valence-electron chi connectivity index (χ2n) is 4.15. The SMILES string of the molecule is COCCN1CCCC2=C1CCC(Cl)=C2. The van der Waals surface area contributed by atoms with E-state index in [0.717, 1.165) is 31.0 Å². The molecule has 0 saturated carbocycles. The minimum atomic E-state index is 0.814. The monoisotopic (exact) mass is 227 g/mol. The van der Waals surface area contributed by atoms with Crippen molar-refractivity contribution >= 4 is 11.6 Å². The second-order valence-corrected chi connectivity index (χ2v) is 4.63. The zero-order valence-corrected chi connectivity index (χ0v) is 10.0. The van der Waals surface area contributed by atoms with Gasteiger partial charge in [0.25, 0.3) is 0 Å². The Hall–Kier alpha value is -0.470. The number of rotatable bonds is 3. The molecule has 15 heavy (non-hydrogen) atoms. The first-order chi connectivity index (χ1) is 7.31. The van der Waals surface area contributed by atoms with Gasteiger partial charge in [0.05, 0.1) is 6.61 Å². The molecule has 3 heteroatoms. The number of nitrogens with zero attached hydrogens (tertiary/aromatic N) is 1. The van der Waals surface area contributed by atoms with Gasteiger partial charge in [0.2, 0.25) is 0 Å². The van der Waals surface area contributed by atoms with E-state index in [-0.39, 0.29) is 0 Å². The lowest BCUT2D eigenvalue weighted by Crippen LogP contribution is -2.32. The number of allylic oxidation sites excluding steroid dienone is 4. The average molecular weight is 228 g/mol. The van der Waals surface area contributed by atoms with Crippen molar-refractivity contribution in [3.05, 3.63) is 22.4 Å². The van der Waals surface area contributed by atoms with Crippen molar-refractivity contribution in [3.63, 3.8) is 0 Å². The van der Waals surface area contributed by atoms with Crippen molar-refractivity contribution in [1.29, 1.82) is 0 Å². The molecule has 0 spiro atoms. The van der Waals surface area contributed by atoms with Crippen molar-refractivity contribution < 1.29 is 4.74 Å². The summed E-state index contributed by atoms with van der Waals surface area (Å²) in [6.07, 6.45) is 6.70. The maximum atomic E-state index is 6.07. The number of methoxy groups -OCH3 is 1. The van der Waals surface area contributed by atoms with Crippen molar-refractivity contribution in [2.24, 2.45) is 0 Å². The molecule has 1 aliphatic carbocycles. The minimum Gasteiger partial charge on any atom is -0.383 e. The zero-order chi connectivity index (χ0) is 10.7. The summed E-state index contributed by atoms with van der Waals surface area (Å²) in [5, 5.41) is 1.02. The number of hydrogen-bond donors (Lipinski definition) is 0. The molecule has 2 nitrogen and oxygen atoms in total. The summed E-state index contributed by atoms with van der Waals surface area (Å²) in [6.45, 7) is 3.00. The van der Waals surface area contributed by atoms with Crippen LogP contribution in [-0.4, -0.2) is 31.7 Å². The molecule has 2 aliphatic rings. The van der Waals surface area contributed by atoms with Gasteiger partial charge in [-0.05, 0) is 37.3 Å². The molecule has 84 valence electrons. The highest BCUT2D eigenvalue weighted by Gasteiger charge is 2.21. The van der Waals surface area contributed by atoms with E-state index < -0.39 is 0 Å². The second kappa shape index (κ2) is 5.04. The third-order valence-corrected chi connectivity index (χ3v) is 3.42. The summed E-state index contributed by atoms with van der Waals surface area (Å²) in [5.41, 5.74) is 2.95. The highest BCUT2D eigenvalue weighted by molar-refractivity contribution is 6.29. The molecular formula is C12H18ClNO. The maximum Gasteiger partial charge on any atom is 0.0637 e. The Morgan fingerprint density at radius 3 is 3.07 bits per heavy atom. The number of halogens is 1. The fourth-order valence-electron chi connectivity index (χ4n) is 2.36. The summed E-state index contributed by atoms with van der Waals surface area (Å²) in [6, 6.07) is 0. The Morgan fingerprint density at radius 2 is 2.27 bits per heavy atom. The van der Waals surface area contributed by atoms with Gasteiger partial charge < -0.3 is 9.64 Å². The highest BCUT2D eigenvalue weighted by atomic mass is 35.5. The van der Waals surface area contributed by atoms with E-state index in [9.17, 15) is 0 Å². The summed E-state index contributed by atoms with van der Waals surface area (Å²) < 4.78 is 5.14. The summed E-state index contributed by atoms with van der Waals surface area (Å²) in [5.74, 6) is 0. The third kappa shape index (κ3) is 2.56. The first-order valence-electron chi connectivity index (χ1n) is 5.63. The van der Waals surface area contributed by atoms with E-state index in [1.807, 2.05) is 0 Å². The average Bonchev–Trinajstić information content (AvgIpc) is 2.25. The van der Waals surface area contributed by atoms with Crippen LogP contribution in [0.25, 0.3) is 0 Å². The van der Waals surface area contributed by atoms with Gasteiger partial charge in [-0.25, -0.2) is 0 Å². The summed E-state index contributed by atoms with van der Waals surface area (Å²) in [4.78, 5) is 2.46. The zero-order valence-electron chi connectivity index (χ0n) is 9.26. The normalized spacial score (nSPS) is 21.5. The van der Waals surface area contributed by atoms with E-state index in [2.05, 4.69) is 11.0 Å². The lowest BCUT2D eigenvalue weighted by molar-refractivity contribution is 0.158. The van der Waals surface area contributed by atoms with Crippen LogP contribution in [0.3, 0.4) is 0 Å². The number of ether oxygens (including phenoxy) is 1. The smallest absolute Gasteiger partial charge is 0.0637 e. The van der Waals surface area contributed by atoms with E-state index in [1.54, 1.807) is 7.11 Å². The van der Waals surface area contributed by atoms with Gasteiger partial charge in [0.1, 0.15) is 0 Å². The molecular weight excluding hydrogens is 210 g/mol. The molecule has 1 aliphatic heterocycles. The predicted octanol–water partition coefficient (Wildman–Crippen LogP) is 2.90. The van der Waals surface area contributed by atoms with E-state index >= 15 is 0 Å². The first kappa shape index (κ1) is 11.0. The Balaban J connectivity index is 2.10. The molecule has 0 aromatic rings. The minimum absolute atomic E-state index is 0.814. The Morgan fingerprint density at radius 1 is 1.40 bits per heavy atom. The van der Waals surface area contributed by atoms with Gasteiger partial charge >= 0.3 is 0 Å². The van der Waals surface area contributed by atoms with Crippen LogP contribution in [0.4, 0.5) is 0 Å². The van der Waals surface area contributed by atoms with E-state index in [1.165, 1.54) is 30.7 Å². The van der Waals surface area contributed by atoms with Crippen LogP contribution >= 0.6 is 11.6 Å². The molecule has 0 aromatic heterocycles. The standard InChI is InChI=1S/C12H18ClNO/c1-15-8-7-14-6-2-3-10-9-11(13)4-5-12(10)14/h9H,2-8H2,1H3. The Labute approximate surface area is 96.5 Å². The van der Waals surface area contributed by atoms with Crippen LogP contribution in [0, 0.1) is 0 Å². The molecule has 1 heterocycles. The molecule has 0 bridgehead atoms. The van der Waals surface area contributed by atoms with Crippen LogP contribution in [0.1, 0.15) is 25.7 Å². The van der Waals surface area contributed by atoms with E-state index in [4.69, 9.17) is 16.3 Å². The van der Waals surface area contributed by atoms with Crippen molar-refractivity contribution in [3.8, 4) is 0 Å². The predicted molar refractivity (Wildman–Crippen MR) is 62.9 cm³/mol. The molecule has 2 rings (SSSR count). The van der Waals surface area contributed by atoms with Crippen LogP contribution in [0.2, 0.25) is 0 Å². The fraction of sp³-hybridized carbons (Fsp3) is 0.667. The Kier molecular flexibility index (Phi) is 3.71. The topological polar surface area (TPSA) is 12.5 Å². The molecule has 0 aromatic carbocycles. The van der Waals surface area contributed by atoms with Gasteiger partial charge in [-0.3, -0.25) is 0 Å². The van der Waals surface area contributed by atoms with Gasteiger partial charge in [0, 0.05) is 30.9 Å². The molecule has 0 atom stereocenters. The molecule has 0 fully saturated rings. The first-order valence-corrected chi connectivity index (χ1v) is 6.01. The highest BCUT2D eigenvalue weighted by Crippen LogP contribution is 2.33. The largest absolute Gasteiger partial charge is 0.383 e. The fourth-order valence-corrected chi connectivity index (χ4v) is 2.59. The maximum absolute atomic E-state index is 6.07. The van der Waals surface area contributed by atoms with Crippen LogP contribution in [0.5, 0.6) is 0 Å². The van der Waals surface area contributed by atoms with Crippen LogP contribution in [-0.2, 0) is 4.74 Å². The van der Waals surface area contributed by atoms with Gasteiger partial charge in [0.15, 0.2) is 0 Å². The summed E-state index contributed by atoms with van der Waals surface area (Å²) >= 11 is 6.07. The lowest BCUT2D eigenvalue weighted by atomic mass is 9.94. The van der Waals surface area contributed by atoms with E-state index in [0.29, 0.717) is 0 Å². The lowest BCUT2D eigenvalue weighted by Gasteiger charge is -2.35. The van der Waals surface area contributed by atoms with Gasteiger partial charge in [-0.2, -0.15) is 0 Å². The van der Waals surface area contributed by atoms with Crippen molar-refractivity contribution in [1.82, 2.24) is 4.90 Å². The third-order valence-electron chi connectivity index (χ3n) is 3.12.